The van der Waals surface area contributed by atoms with Crippen LogP contribution < -0.4 is 4.90 Å². The molecule has 94 valence electrons. The predicted octanol–water partition coefficient (Wildman–Crippen LogP) is 3.29. The van der Waals surface area contributed by atoms with Crippen LogP contribution in [-0.4, -0.2) is 17.1 Å². The maximum Gasteiger partial charge on any atom is 0.132 e. The molecule has 0 unspecified atom stereocenters. The highest BCUT2D eigenvalue weighted by Gasteiger charge is 2.08. The van der Waals surface area contributed by atoms with Gasteiger partial charge in [0.1, 0.15) is 5.82 Å². The van der Waals surface area contributed by atoms with Crippen molar-refractivity contribution in [3.63, 3.8) is 0 Å². The highest BCUT2D eigenvalue weighted by atomic mass is 16.3. The number of rotatable bonds is 4. The summed E-state index contributed by atoms with van der Waals surface area (Å²) in [6.45, 7) is 1.95. The molecule has 3 heteroatoms. The number of anilines is 2. The molecular weight excluding hydrogens is 224 g/mol. The van der Waals surface area contributed by atoms with Gasteiger partial charge in [0.25, 0.3) is 0 Å². The molecule has 0 aliphatic rings. The Balaban J connectivity index is 2.19. The van der Waals surface area contributed by atoms with Crippen LogP contribution in [0.15, 0.2) is 48.7 Å². The van der Waals surface area contributed by atoms with E-state index in [1.54, 1.807) is 6.20 Å². The quantitative estimate of drug-likeness (QED) is 0.893. The number of pyridine rings is 1. The zero-order valence-electron chi connectivity index (χ0n) is 10.7. The molecule has 3 nitrogen and oxygen atoms in total. The van der Waals surface area contributed by atoms with Crippen LogP contribution in [0.4, 0.5) is 11.5 Å². The van der Waals surface area contributed by atoms with Crippen LogP contribution in [0.5, 0.6) is 0 Å². The number of hydrogen-bond donors (Lipinski definition) is 1. The monoisotopic (exact) mass is 242 g/mol. The normalized spacial score (nSPS) is 12.2. The maximum atomic E-state index is 9.72. The summed E-state index contributed by atoms with van der Waals surface area (Å²) in [7, 11) is 1.98. The zero-order valence-corrected chi connectivity index (χ0v) is 10.7. The van der Waals surface area contributed by atoms with Gasteiger partial charge in [0.05, 0.1) is 6.10 Å². The minimum Gasteiger partial charge on any atom is -0.388 e. The van der Waals surface area contributed by atoms with Gasteiger partial charge in [-0.05, 0) is 30.2 Å². The Morgan fingerprint density at radius 2 is 1.89 bits per heavy atom. The Hall–Kier alpha value is -1.87. The molecule has 0 radical (unpaired) electrons. The number of para-hydroxylation sites is 1. The Bertz CT molecular complexity index is 482. The summed E-state index contributed by atoms with van der Waals surface area (Å²) in [6, 6.07) is 13.9. The van der Waals surface area contributed by atoms with Crippen molar-refractivity contribution >= 4 is 11.5 Å². The molecule has 0 saturated carbocycles. The van der Waals surface area contributed by atoms with Crippen molar-refractivity contribution in [1.29, 1.82) is 0 Å². The second kappa shape index (κ2) is 5.65. The summed E-state index contributed by atoms with van der Waals surface area (Å²) < 4.78 is 0. The van der Waals surface area contributed by atoms with Crippen molar-refractivity contribution in [3.8, 4) is 0 Å². The van der Waals surface area contributed by atoms with Crippen LogP contribution in [0.3, 0.4) is 0 Å². The maximum absolute atomic E-state index is 9.72. The average Bonchev–Trinajstić information content (AvgIpc) is 2.47. The van der Waals surface area contributed by atoms with Crippen LogP contribution in [0.1, 0.15) is 25.0 Å². The third kappa shape index (κ3) is 2.68. The van der Waals surface area contributed by atoms with Crippen molar-refractivity contribution < 1.29 is 5.11 Å². The van der Waals surface area contributed by atoms with Crippen molar-refractivity contribution in [2.75, 3.05) is 11.9 Å². The molecule has 0 aliphatic carbocycles. The minimum atomic E-state index is -0.423. The lowest BCUT2D eigenvalue weighted by Gasteiger charge is -2.18. The van der Waals surface area contributed by atoms with Gasteiger partial charge in [0.15, 0.2) is 0 Å². The van der Waals surface area contributed by atoms with Crippen molar-refractivity contribution in [2.24, 2.45) is 0 Å². The molecule has 2 rings (SSSR count). The van der Waals surface area contributed by atoms with Crippen LogP contribution >= 0.6 is 0 Å². The Labute approximate surface area is 108 Å². The Kier molecular flexibility index (Phi) is 3.95. The summed E-state index contributed by atoms with van der Waals surface area (Å²) in [5.74, 6) is 0.869. The highest BCUT2D eigenvalue weighted by Crippen LogP contribution is 2.23. The number of aromatic nitrogens is 1. The number of aliphatic hydroxyl groups is 1. The SMILES string of the molecule is CC[C@@H](O)c1ccc(N(C)c2ccccc2)nc1. The van der Waals surface area contributed by atoms with Gasteiger partial charge >= 0.3 is 0 Å². The summed E-state index contributed by atoms with van der Waals surface area (Å²) in [5.41, 5.74) is 1.96. The van der Waals surface area contributed by atoms with Crippen molar-refractivity contribution in [2.45, 2.75) is 19.4 Å². The fraction of sp³-hybridized carbons (Fsp3) is 0.267. The second-order valence-corrected chi connectivity index (χ2v) is 4.27. The van der Waals surface area contributed by atoms with Crippen LogP contribution in [0.25, 0.3) is 0 Å². The van der Waals surface area contributed by atoms with E-state index < -0.39 is 6.10 Å². The standard InChI is InChI=1S/C15H18N2O/c1-3-14(18)12-9-10-15(16-11-12)17(2)13-7-5-4-6-8-13/h4-11,14,18H,3H2,1-2H3/t14-/m1/s1. The first-order valence-corrected chi connectivity index (χ1v) is 6.15. The summed E-state index contributed by atoms with van der Waals surface area (Å²) in [4.78, 5) is 6.41. The molecule has 0 amide bonds. The molecule has 18 heavy (non-hydrogen) atoms. The van der Waals surface area contributed by atoms with Crippen LogP contribution in [0, 0.1) is 0 Å². The topological polar surface area (TPSA) is 36.4 Å². The van der Waals surface area contributed by atoms with Crippen LogP contribution in [0.2, 0.25) is 0 Å². The van der Waals surface area contributed by atoms with Gasteiger partial charge in [-0.2, -0.15) is 0 Å². The first-order chi connectivity index (χ1) is 8.72. The number of hydrogen-bond acceptors (Lipinski definition) is 3. The Morgan fingerprint density at radius 1 is 1.17 bits per heavy atom. The summed E-state index contributed by atoms with van der Waals surface area (Å²) in [5, 5.41) is 9.72. The van der Waals surface area contributed by atoms with Crippen LogP contribution in [-0.2, 0) is 0 Å². The summed E-state index contributed by atoms with van der Waals surface area (Å²) >= 11 is 0. The smallest absolute Gasteiger partial charge is 0.132 e. The third-order valence-corrected chi connectivity index (χ3v) is 3.03. The minimum absolute atomic E-state index is 0.423. The van der Waals surface area contributed by atoms with Gasteiger partial charge in [-0.3, -0.25) is 0 Å². The molecule has 1 heterocycles. The largest absolute Gasteiger partial charge is 0.388 e. The number of nitrogens with zero attached hydrogens (tertiary/aromatic N) is 2. The molecule has 1 atom stereocenters. The zero-order chi connectivity index (χ0) is 13.0. The lowest BCUT2D eigenvalue weighted by atomic mass is 10.1. The van der Waals surface area contributed by atoms with Crippen molar-refractivity contribution in [3.05, 3.63) is 54.2 Å². The van der Waals surface area contributed by atoms with E-state index in [0.717, 1.165) is 17.1 Å². The molecule has 0 saturated heterocycles. The molecular formula is C15H18N2O. The van der Waals surface area contributed by atoms with E-state index in [4.69, 9.17) is 0 Å². The molecule has 2 aromatic rings. The van der Waals surface area contributed by atoms with E-state index >= 15 is 0 Å². The molecule has 0 aliphatic heterocycles. The molecule has 0 bridgehead atoms. The molecule has 1 aromatic carbocycles. The molecule has 1 N–H and O–H groups in total. The Morgan fingerprint density at radius 3 is 2.44 bits per heavy atom. The third-order valence-electron chi connectivity index (χ3n) is 3.03. The van der Waals surface area contributed by atoms with E-state index in [1.807, 2.05) is 61.3 Å². The van der Waals surface area contributed by atoms with Gasteiger partial charge in [0, 0.05) is 18.9 Å². The van der Waals surface area contributed by atoms with E-state index in [9.17, 15) is 5.11 Å². The lowest BCUT2D eigenvalue weighted by Crippen LogP contribution is -2.11. The molecule has 1 aromatic heterocycles. The average molecular weight is 242 g/mol. The first kappa shape index (κ1) is 12.6. The predicted molar refractivity (Wildman–Crippen MR) is 74.0 cm³/mol. The lowest BCUT2D eigenvalue weighted by molar-refractivity contribution is 0.173. The fourth-order valence-corrected chi connectivity index (χ4v) is 1.81. The molecule has 0 spiro atoms. The number of benzene rings is 1. The van der Waals surface area contributed by atoms with E-state index in [2.05, 4.69) is 4.98 Å². The van der Waals surface area contributed by atoms with Gasteiger partial charge in [-0.1, -0.05) is 31.2 Å². The van der Waals surface area contributed by atoms with Gasteiger partial charge in [0.2, 0.25) is 0 Å². The number of aliphatic hydroxyl groups excluding tert-OH is 1. The summed E-state index contributed by atoms with van der Waals surface area (Å²) in [6.07, 6.45) is 2.02. The van der Waals surface area contributed by atoms with E-state index in [-0.39, 0.29) is 0 Å². The van der Waals surface area contributed by atoms with Gasteiger partial charge < -0.3 is 10.0 Å². The second-order valence-electron chi connectivity index (χ2n) is 4.27. The van der Waals surface area contributed by atoms with Gasteiger partial charge in [-0.25, -0.2) is 4.98 Å². The van der Waals surface area contributed by atoms with Gasteiger partial charge in [-0.15, -0.1) is 0 Å². The highest BCUT2D eigenvalue weighted by molar-refractivity contribution is 5.58. The first-order valence-electron chi connectivity index (χ1n) is 6.15. The van der Waals surface area contributed by atoms with Crippen molar-refractivity contribution in [1.82, 2.24) is 4.98 Å². The van der Waals surface area contributed by atoms with E-state index in [1.165, 1.54) is 0 Å². The van der Waals surface area contributed by atoms with E-state index in [0.29, 0.717) is 6.42 Å². The fourth-order valence-electron chi connectivity index (χ4n) is 1.81. The molecule has 0 fully saturated rings.